The fraction of sp³-hybridized carbons (Fsp3) is 0.125. The van der Waals surface area contributed by atoms with E-state index in [4.69, 9.17) is 14.6 Å². The molecule has 3 aromatic carbocycles. The lowest BCUT2D eigenvalue weighted by Gasteiger charge is -2.10. The fourth-order valence-electron chi connectivity index (χ4n) is 3.34. The molecule has 0 fully saturated rings. The fourth-order valence-corrected chi connectivity index (χ4v) is 4.09. The molecular formula is C24H20BrFN2O2. The minimum absolute atomic E-state index is 0.261. The van der Waals surface area contributed by atoms with Crippen LogP contribution in [0.5, 0.6) is 11.5 Å². The van der Waals surface area contributed by atoms with Gasteiger partial charge in [0.15, 0.2) is 0 Å². The van der Waals surface area contributed by atoms with Crippen LogP contribution in [0.3, 0.4) is 0 Å². The summed E-state index contributed by atoms with van der Waals surface area (Å²) >= 11 is 3.74. The zero-order valence-corrected chi connectivity index (χ0v) is 18.2. The van der Waals surface area contributed by atoms with Crippen LogP contribution in [0.15, 0.2) is 77.3 Å². The van der Waals surface area contributed by atoms with Crippen LogP contribution in [0, 0.1) is 5.82 Å². The summed E-state index contributed by atoms with van der Waals surface area (Å²) in [4.78, 5) is 0. The van der Waals surface area contributed by atoms with Gasteiger partial charge in [-0.1, -0.05) is 42.5 Å². The van der Waals surface area contributed by atoms with Crippen molar-refractivity contribution in [3.8, 4) is 34.0 Å². The Morgan fingerprint density at radius 2 is 1.50 bits per heavy atom. The van der Waals surface area contributed by atoms with Crippen LogP contribution in [0.1, 0.15) is 5.56 Å². The van der Waals surface area contributed by atoms with Crippen molar-refractivity contribution in [3.63, 3.8) is 0 Å². The number of hydrogen-bond donors (Lipinski definition) is 0. The predicted molar refractivity (Wildman–Crippen MR) is 119 cm³/mol. The van der Waals surface area contributed by atoms with Crippen molar-refractivity contribution >= 4 is 15.9 Å². The maximum absolute atomic E-state index is 14.4. The predicted octanol–water partition coefficient (Wildman–Crippen LogP) is 6.18. The molecule has 0 amide bonds. The minimum atomic E-state index is -0.261. The molecule has 4 aromatic rings. The first kappa shape index (κ1) is 20.2. The Hall–Kier alpha value is -3.12. The summed E-state index contributed by atoms with van der Waals surface area (Å²) in [7, 11) is 3.26. The molecule has 0 unspecified atom stereocenters. The molecule has 0 aliphatic heterocycles. The van der Waals surface area contributed by atoms with E-state index in [1.165, 1.54) is 6.07 Å². The molecule has 4 nitrogen and oxygen atoms in total. The largest absolute Gasteiger partial charge is 0.497 e. The number of halogens is 2. The van der Waals surface area contributed by atoms with E-state index in [-0.39, 0.29) is 5.82 Å². The van der Waals surface area contributed by atoms with Gasteiger partial charge in [0.1, 0.15) is 23.0 Å². The Labute approximate surface area is 183 Å². The van der Waals surface area contributed by atoms with Gasteiger partial charge in [-0.05, 0) is 46.3 Å². The zero-order chi connectivity index (χ0) is 21.1. The van der Waals surface area contributed by atoms with Crippen molar-refractivity contribution in [3.05, 3.63) is 88.6 Å². The van der Waals surface area contributed by atoms with Crippen molar-refractivity contribution in [2.75, 3.05) is 14.2 Å². The maximum atomic E-state index is 14.4. The van der Waals surface area contributed by atoms with Crippen molar-refractivity contribution in [1.82, 2.24) is 9.78 Å². The molecule has 0 atom stereocenters. The average molecular weight is 467 g/mol. The monoisotopic (exact) mass is 466 g/mol. The van der Waals surface area contributed by atoms with E-state index < -0.39 is 0 Å². The molecule has 1 aromatic heterocycles. The van der Waals surface area contributed by atoms with Gasteiger partial charge in [-0.25, -0.2) is 4.39 Å². The highest BCUT2D eigenvalue weighted by atomic mass is 79.9. The maximum Gasteiger partial charge on any atom is 0.128 e. The summed E-state index contributed by atoms with van der Waals surface area (Å²) < 4.78 is 27.8. The van der Waals surface area contributed by atoms with Crippen molar-refractivity contribution < 1.29 is 13.9 Å². The number of aromatic nitrogens is 2. The van der Waals surface area contributed by atoms with Crippen LogP contribution in [0.4, 0.5) is 4.39 Å². The van der Waals surface area contributed by atoms with Crippen LogP contribution >= 0.6 is 15.9 Å². The second kappa shape index (κ2) is 8.71. The quantitative estimate of drug-likeness (QED) is 0.340. The Balaban J connectivity index is 1.89. The molecule has 0 bridgehead atoms. The SMILES string of the molecule is COc1cccc(-c2nn(Cc3ccccc3F)c(-c3cccc(OC)c3)c2Br)c1. The van der Waals surface area contributed by atoms with E-state index in [1.54, 1.807) is 26.4 Å². The standard InChI is InChI=1S/C24H20BrFN2O2/c1-29-19-10-5-8-16(13-19)23-22(25)24(17-9-6-11-20(14-17)30-2)28(27-23)15-18-7-3-4-12-21(18)26/h3-14H,15H2,1-2H3. The lowest BCUT2D eigenvalue weighted by Crippen LogP contribution is -2.06. The van der Waals surface area contributed by atoms with Crippen molar-refractivity contribution in [2.45, 2.75) is 6.54 Å². The van der Waals surface area contributed by atoms with Crippen LogP contribution in [-0.4, -0.2) is 24.0 Å². The van der Waals surface area contributed by atoms with Gasteiger partial charge >= 0.3 is 0 Å². The summed E-state index contributed by atoms with van der Waals surface area (Å²) in [5.41, 5.74) is 3.98. The summed E-state index contributed by atoms with van der Waals surface area (Å²) in [6.45, 7) is 0.293. The normalized spacial score (nSPS) is 10.8. The van der Waals surface area contributed by atoms with E-state index in [2.05, 4.69) is 15.9 Å². The van der Waals surface area contributed by atoms with Crippen molar-refractivity contribution in [1.29, 1.82) is 0 Å². The van der Waals surface area contributed by atoms with Gasteiger partial charge in [0.05, 0.1) is 30.9 Å². The van der Waals surface area contributed by atoms with E-state index in [1.807, 2.05) is 59.3 Å². The molecule has 0 aliphatic carbocycles. The molecule has 0 saturated heterocycles. The number of benzene rings is 3. The minimum Gasteiger partial charge on any atom is -0.497 e. The molecule has 152 valence electrons. The third kappa shape index (κ3) is 3.96. The molecule has 0 aliphatic rings. The molecule has 1 heterocycles. The Morgan fingerprint density at radius 1 is 0.867 bits per heavy atom. The number of hydrogen-bond acceptors (Lipinski definition) is 3. The number of methoxy groups -OCH3 is 2. The van der Waals surface area contributed by atoms with Gasteiger partial charge in [0, 0.05) is 16.7 Å². The van der Waals surface area contributed by atoms with E-state index in [0.29, 0.717) is 12.1 Å². The lowest BCUT2D eigenvalue weighted by atomic mass is 10.1. The second-order valence-electron chi connectivity index (χ2n) is 6.72. The Kier molecular flexibility index (Phi) is 5.86. The molecule has 0 N–H and O–H groups in total. The molecule has 0 radical (unpaired) electrons. The summed E-state index contributed by atoms with van der Waals surface area (Å²) in [6, 6.07) is 22.2. The van der Waals surface area contributed by atoms with Gasteiger partial charge < -0.3 is 9.47 Å². The molecule has 6 heteroatoms. The lowest BCUT2D eigenvalue weighted by molar-refractivity contribution is 0.415. The number of ether oxygens (including phenoxy) is 2. The highest BCUT2D eigenvalue weighted by Gasteiger charge is 2.20. The van der Waals surface area contributed by atoms with Crippen molar-refractivity contribution in [2.24, 2.45) is 0 Å². The van der Waals surface area contributed by atoms with E-state index >= 15 is 0 Å². The van der Waals surface area contributed by atoms with Crippen LogP contribution in [0.25, 0.3) is 22.5 Å². The van der Waals surface area contributed by atoms with Gasteiger partial charge in [0.2, 0.25) is 0 Å². The molecular weight excluding hydrogens is 447 g/mol. The summed E-state index contributed by atoms with van der Waals surface area (Å²) in [6.07, 6.45) is 0. The molecule has 0 spiro atoms. The Morgan fingerprint density at radius 3 is 2.17 bits per heavy atom. The topological polar surface area (TPSA) is 36.3 Å². The smallest absolute Gasteiger partial charge is 0.128 e. The van der Waals surface area contributed by atoms with Crippen LogP contribution in [0.2, 0.25) is 0 Å². The molecule has 0 saturated carbocycles. The molecule has 4 rings (SSSR count). The van der Waals surface area contributed by atoms with Gasteiger partial charge in [-0.15, -0.1) is 0 Å². The zero-order valence-electron chi connectivity index (χ0n) is 16.6. The summed E-state index contributed by atoms with van der Waals surface area (Å²) in [5, 5.41) is 4.83. The second-order valence-corrected chi connectivity index (χ2v) is 7.52. The first-order valence-electron chi connectivity index (χ1n) is 9.39. The first-order valence-corrected chi connectivity index (χ1v) is 10.2. The average Bonchev–Trinajstić information content (AvgIpc) is 3.11. The number of rotatable bonds is 6. The Bertz CT molecular complexity index is 1190. The highest BCUT2D eigenvalue weighted by molar-refractivity contribution is 9.10. The van der Waals surface area contributed by atoms with Crippen LogP contribution < -0.4 is 9.47 Å². The van der Waals surface area contributed by atoms with Gasteiger partial charge in [-0.2, -0.15) is 5.10 Å². The third-order valence-corrected chi connectivity index (χ3v) is 5.61. The molecule has 30 heavy (non-hydrogen) atoms. The van der Waals surface area contributed by atoms with Gasteiger partial charge in [-0.3, -0.25) is 4.68 Å². The summed E-state index contributed by atoms with van der Waals surface area (Å²) in [5.74, 6) is 1.22. The third-order valence-electron chi connectivity index (χ3n) is 4.86. The van der Waals surface area contributed by atoms with Crippen LogP contribution in [-0.2, 0) is 6.54 Å². The highest BCUT2D eigenvalue weighted by Crippen LogP contribution is 2.38. The number of nitrogens with zero attached hydrogens (tertiary/aromatic N) is 2. The van der Waals surface area contributed by atoms with Gasteiger partial charge in [0.25, 0.3) is 0 Å². The van der Waals surface area contributed by atoms with E-state index in [0.717, 1.165) is 38.5 Å². The first-order chi connectivity index (χ1) is 14.6. The van der Waals surface area contributed by atoms with E-state index in [9.17, 15) is 4.39 Å².